The van der Waals surface area contributed by atoms with Gasteiger partial charge in [0.05, 0.1) is 19.1 Å². The summed E-state index contributed by atoms with van der Waals surface area (Å²) < 4.78 is 10.5. The topological polar surface area (TPSA) is 71.7 Å². The van der Waals surface area contributed by atoms with Crippen LogP contribution in [0.1, 0.15) is 31.0 Å². The quantitative estimate of drug-likeness (QED) is 0.808. The van der Waals surface area contributed by atoms with Gasteiger partial charge in [-0.15, -0.1) is 0 Å². The highest BCUT2D eigenvalue weighted by Crippen LogP contribution is 2.21. The largest absolute Gasteiger partial charge is 0.381 e. The molecule has 3 rings (SSSR count). The highest BCUT2D eigenvalue weighted by molar-refractivity contribution is 5.78. The van der Waals surface area contributed by atoms with Crippen molar-refractivity contribution >= 4 is 5.91 Å². The fourth-order valence-electron chi connectivity index (χ4n) is 3.44. The zero-order valence-electron chi connectivity index (χ0n) is 14.0. The fraction of sp³-hybridized carbons (Fsp3) is 0.812. The van der Waals surface area contributed by atoms with E-state index in [1.165, 1.54) is 0 Å². The van der Waals surface area contributed by atoms with Crippen LogP contribution in [0.2, 0.25) is 0 Å². The maximum absolute atomic E-state index is 12.3. The predicted octanol–water partition coefficient (Wildman–Crippen LogP) is 1.08. The lowest BCUT2D eigenvalue weighted by Crippen LogP contribution is -2.41. The van der Waals surface area contributed by atoms with Gasteiger partial charge in [-0.25, -0.2) is 0 Å². The Labute approximate surface area is 137 Å². The highest BCUT2D eigenvalue weighted by atomic mass is 16.5. The molecule has 7 heteroatoms. The normalized spacial score (nSPS) is 23.3. The third kappa shape index (κ3) is 4.29. The van der Waals surface area contributed by atoms with E-state index in [1.807, 2.05) is 18.9 Å². The number of rotatable bonds is 5. The number of hydrogen-bond donors (Lipinski definition) is 0. The van der Waals surface area contributed by atoms with Crippen LogP contribution < -0.4 is 0 Å². The number of aryl methyl sites for hydroxylation is 1. The van der Waals surface area contributed by atoms with Crippen molar-refractivity contribution in [3.63, 3.8) is 0 Å². The second kappa shape index (κ2) is 7.40. The average Bonchev–Trinajstić information content (AvgIpc) is 3.20. The summed E-state index contributed by atoms with van der Waals surface area (Å²) in [5.74, 6) is 2.26. The predicted molar refractivity (Wildman–Crippen MR) is 83.6 cm³/mol. The second-order valence-corrected chi connectivity index (χ2v) is 6.73. The zero-order valence-corrected chi connectivity index (χ0v) is 14.0. The molecule has 0 radical (unpaired) electrons. The molecule has 0 N–H and O–H groups in total. The van der Waals surface area contributed by atoms with Crippen molar-refractivity contribution in [2.45, 2.75) is 32.7 Å². The van der Waals surface area contributed by atoms with Crippen LogP contribution in [0, 0.1) is 18.8 Å². The maximum Gasteiger partial charge on any atom is 0.240 e. The van der Waals surface area contributed by atoms with Crippen LogP contribution in [0.4, 0.5) is 0 Å². The summed E-state index contributed by atoms with van der Waals surface area (Å²) in [4.78, 5) is 20.8. The van der Waals surface area contributed by atoms with Gasteiger partial charge in [0.2, 0.25) is 11.8 Å². The molecule has 0 spiro atoms. The average molecular weight is 322 g/mol. The number of piperidine rings is 1. The monoisotopic (exact) mass is 322 g/mol. The molecule has 128 valence electrons. The minimum absolute atomic E-state index is 0.0702. The lowest BCUT2D eigenvalue weighted by atomic mass is 9.95. The molecule has 2 aliphatic heterocycles. The van der Waals surface area contributed by atoms with Crippen molar-refractivity contribution in [2.75, 3.05) is 39.9 Å². The summed E-state index contributed by atoms with van der Waals surface area (Å²) in [6.07, 6.45) is 3.07. The Morgan fingerprint density at radius 1 is 1.35 bits per heavy atom. The molecule has 2 aliphatic rings. The van der Waals surface area contributed by atoms with E-state index < -0.39 is 0 Å². The van der Waals surface area contributed by atoms with Gasteiger partial charge in [0.15, 0.2) is 5.82 Å². The molecule has 0 aromatic carbocycles. The molecule has 1 amide bonds. The Balaban J connectivity index is 1.41. The number of ether oxygens (including phenoxy) is 1. The molecule has 23 heavy (non-hydrogen) atoms. The van der Waals surface area contributed by atoms with Crippen LogP contribution in [-0.2, 0) is 16.1 Å². The zero-order chi connectivity index (χ0) is 16.2. The van der Waals surface area contributed by atoms with Crippen LogP contribution in [0.25, 0.3) is 0 Å². The number of carbonyl (C=O) groups is 1. The lowest BCUT2D eigenvalue weighted by molar-refractivity contribution is -0.134. The fourth-order valence-corrected chi connectivity index (χ4v) is 3.44. The molecule has 2 saturated heterocycles. The summed E-state index contributed by atoms with van der Waals surface area (Å²) in [7, 11) is 1.92. The van der Waals surface area contributed by atoms with Gasteiger partial charge >= 0.3 is 0 Å². The van der Waals surface area contributed by atoms with Crippen molar-refractivity contribution in [1.29, 1.82) is 0 Å². The van der Waals surface area contributed by atoms with E-state index in [0.29, 0.717) is 24.2 Å². The standard InChI is InChI=1S/C16H26N4O3/c1-12-17-15(23-18-12)10-20-6-3-13(4-7-20)9-19(2)16(21)14-5-8-22-11-14/h13-14H,3-11H2,1-2H3. The first-order valence-electron chi connectivity index (χ1n) is 8.46. The van der Waals surface area contributed by atoms with Gasteiger partial charge in [0.1, 0.15) is 0 Å². The van der Waals surface area contributed by atoms with Gasteiger partial charge in [-0.2, -0.15) is 4.98 Å². The minimum Gasteiger partial charge on any atom is -0.381 e. The first kappa shape index (κ1) is 16.4. The van der Waals surface area contributed by atoms with Crippen molar-refractivity contribution in [1.82, 2.24) is 19.9 Å². The lowest BCUT2D eigenvalue weighted by Gasteiger charge is -2.33. The van der Waals surface area contributed by atoms with Gasteiger partial charge in [0.25, 0.3) is 0 Å². The van der Waals surface area contributed by atoms with E-state index in [9.17, 15) is 4.79 Å². The molecule has 1 aromatic heterocycles. The van der Waals surface area contributed by atoms with Crippen molar-refractivity contribution in [3.05, 3.63) is 11.7 Å². The Morgan fingerprint density at radius 2 is 2.13 bits per heavy atom. The molecule has 1 aromatic rings. The van der Waals surface area contributed by atoms with Crippen LogP contribution in [0.3, 0.4) is 0 Å². The van der Waals surface area contributed by atoms with E-state index >= 15 is 0 Å². The van der Waals surface area contributed by atoms with Crippen molar-refractivity contribution in [2.24, 2.45) is 11.8 Å². The first-order valence-corrected chi connectivity index (χ1v) is 8.46. The Kier molecular flexibility index (Phi) is 5.27. The summed E-state index contributed by atoms with van der Waals surface area (Å²) in [6.45, 7) is 6.75. The summed E-state index contributed by atoms with van der Waals surface area (Å²) in [5, 5.41) is 3.83. The number of likely N-dealkylation sites (tertiary alicyclic amines) is 1. The molecule has 1 atom stereocenters. The van der Waals surface area contributed by atoms with Crippen LogP contribution >= 0.6 is 0 Å². The molecule has 0 saturated carbocycles. The van der Waals surface area contributed by atoms with E-state index in [-0.39, 0.29) is 11.8 Å². The molecule has 0 bridgehead atoms. The number of nitrogens with zero attached hydrogens (tertiary/aromatic N) is 4. The third-order valence-electron chi connectivity index (χ3n) is 4.82. The third-order valence-corrected chi connectivity index (χ3v) is 4.82. The van der Waals surface area contributed by atoms with Crippen molar-refractivity contribution < 1.29 is 14.1 Å². The van der Waals surface area contributed by atoms with Gasteiger partial charge in [-0.1, -0.05) is 5.16 Å². The molecule has 0 aliphatic carbocycles. The summed E-state index contributed by atoms with van der Waals surface area (Å²) in [5.41, 5.74) is 0. The summed E-state index contributed by atoms with van der Waals surface area (Å²) >= 11 is 0. The number of hydrogen-bond acceptors (Lipinski definition) is 6. The van der Waals surface area contributed by atoms with Gasteiger partial charge in [0, 0.05) is 20.2 Å². The first-order chi connectivity index (χ1) is 11.1. The Morgan fingerprint density at radius 3 is 2.74 bits per heavy atom. The van der Waals surface area contributed by atoms with Crippen LogP contribution in [0.15, 0.2) is 4.52 Å². The molecular weight excluding hydrogens is 296 g/mol. The van der Waals surface area contributed by atoms with E-state index in [1.54, 1.807) is 0 Å². The van der Waals surface area contributed by atoms with Gasteiger partial charge < -0.3 is 14.2 Å². The Hall–Kier alpha value is -1.47. The van der Waals surface area contributed by atoms with Gasteiger partial charge in [-0.3, -0.25) is 9.69 Å². The van der Waals surface area contributed by atoms with Gasteiger partial charge in [-0.05, 0) is 45.2 Å². The smallest absolute Gasteiger partial charge is 0.240 e. The number of carbonyl (C=O) groups excluding carboxylic acids is 1. The SMILES string of the molecule is Cc1noc(CN2CCC(CN(C)C(=O)C3CCOC3)CC2)n1. The van der Waals surface area contributed by atoms with Crippen LogP contribution in [0.5, 0.6) is 0 Å². The van der Waals surface area contributed by atoms with E-state index in [2.05, 4.69) is 15.0 Å². The molecule has 1 unspecified atom stereocenters. The van der Waals surface area contributed by atoms with E-state index in [0.717, 1.165) is 52.0 Å². The van der Waals surface area contributed by atoms with Crippen molar-refractivity contribution in [3.8, 4) is 0 Å². The second-order valence-electron chi connectivity index (χ2n) is 6.73. The molecular formula is C16H26N4O3. The van der Waals surface area contributed by atoms with E-state index in [4.69, 9.17) is 9.26 Å². The maximum atomic E-state index is 12.3. The van der Waals surface area contributed by atoms with Crippen LogP contribution in [-0.4, -0.2) is 65.7 Å². The molecule has 7 nitrogen and oxygen atoms in total. The number of aromatic nitrogens is 2. The number of amides is 1. The highest BCUT2D eigenvalue weighted by Gasteiger charge is 2.28. The molecule has 3 heterocycles. The minimum atomic E-state index is 0.0702. The summed E-state index contributed by atoms with van der Waals surface area (Å²) in [6, 6.07) is 0. The molecule has 2 fully saturated rings. The Bertz CT molecular complexity index is 519.